The molecule has 0 spiro atoms. The van der Waals surface area contributed by atoms with Crippen molar-refractivity contribution in [1.29, 1.82) is 0 Å². The maximum atomic E-state index is 12.2. The molecule has 1 aliphatic heterocycles. The molecule has 4 nitrogen and oxygen atoms in total. The molecule has 0 atom stereocenters. The van der Waals surface area contributed by atoms with Crippen molar-refractivity contribution in [3.8, 4) is 0 Å². The molecule has 0 aliphatic carbocycles. The van der Waals surface area contributed by atoms with Crippen molar-refractivity contribution in [2.45, 2.75) is 13.3 Å². The van der Waals surface area contributed by atoms with Crippen molar-refractivity contribution in [3.05, 3.63) is 27.3 Å². The Morgan fingerprint density at radius 1 is 1.55 bits per heavy atom. The van der Waals surface area contributed by atoms with Gasteiger partial charge in [0.15, 0.2) is 0 Å². The van der Waals surface area contributed by atoms with Crippen LogP contribution in [0.5, 0.6) is 0 Å². The highest BCUT2D eigenvalue weighted by molar-refractivity contribution is 8.26. The Kier molecular flexibility index (Phi) is 5.33. The second kappa shape index (κ2) is 7.01. The summed E-state index contributed by atoms with van der Waals surface area (Å²) >= 11 is 7.90. The van der Waals surface area contributed by atoms with Crippen molar-refractivity contribution in [3.63, 3.8) is 0 Å². The van der Waals surface area contributed by atoms with Crippen LogP contribution in [0.3, 0.4) is 0 Å². The number of rotatable bonds is 5. The van der Waals surface area contributed by atoms with Crippen LogP contribution in [0.1, 0.15) is 18.2 Å². The number of ether oxygens (including phenoxy) is 1. The fraction of sp³-hybridized carbons (Fsp3) is 0.308. The quantitative estimate of drug-likeness (QED) is 0.473. The number of nitrogens with zero attached hydrogens (tertiary/aromatic N) is 1. The fourth-order valence-corrected chi connectivity index (χ4v) is 3.51. The van der Waals surface area contributed by atoms with Crippen LogP contribution in [0.2, 0.25) is 0 Å². The molecular formula is C13H13NO3S3. The van der Waals surface area contributed by atoms with Crippen LogP contribution in [-0.2, 0) is 14.3 Å². The van der Waals surface area contributed by atoms with Gasteiger partial charge in [0.25, 0.3) is 5.91 Å². The fourth-order valence-electron chi connectivity index (χ4n) is 1.53. The summed E-state index contributed by atoms with van der Waals surface area (Å²) in [6.07, 6.45) is 2.55. The van der Waals surface area contributed by atoms with Crippen molar-refractivity contribution >= 4 is 57.6 Å². The Morgan fingerprint density at radius 2 is 2.35 bits per heavy atom. The van der Waals surface area contributed by atoms with Crippen LogP contribution < -0.4 is 0 Å². The third-order valence-corrected chi connectivity index (χ3v) is 4.64. The maximum absolute atomic E-state index is 12.2. The van der Waals surface area contributed by atoms with E-state index < -0.39 is 5.97 Å². The Hall–Kier alpha value is -1.18. The number of hydrogen-bond donors (Lipinski definition) is 0. The Bertz CT molecular complexity index is 551. The highest BCUT2D eigenvalue weighted by atomic mass is 32.2. The summed E-state index contributed by atoms with van der Waals surface area (Å²) in [6.45, 7) is 2.15. The lowest BCUT2D eigenvalue weighted by Crippen LogP contribution is -2.34. The first-order chi connectivity index (χ1) is 9.61. The molecule has 1 saturated heterocycles. The van der Waals surface area contributed by atoms with Gasteiger partial charge in [0.05, 0.1) is 11.5 Å². The Balaban J connectivity index is 2.04. The SMILES string of the molecule is CCCOC(=O)CN1C(=O)/C(=C/c2cccs2)SC1=S. The van der Waals surface area contributed by atoms with Gasteiger partial charge >= 0.3 is 5.97 Å². The molecule has 0 radical (unpaired) electrons. The van der Waals surface area contributed by atoms with Crippen LogP contribution in [0.25, 0.3) is 6.08 Å². The molecule has 2 heterocycles. The zero-order valence-electron chi connectivity index (χ0n) is 10.8. The zero-order chi connectivity index (χ0) is 14.5. The molecule has 0 N–H and O–H groups in total. The highest BCUT2D eigenvalue weighted by Crippen LogP contribution is 2.33. The molecule has 1 aliphatic rings. The molecule has 0 bridgehead atoms. The lowest BCUT2D eigenvalue weighted by Gasteiger charge is -2.13. The molecule has 0 unspecified atom stereocenters. The Labute approximate surface area is 130 Å². The molecule has 0 aromatic carbocycles. The lowest BCUT2D eigenvalue weighted by atomic mass is 10.3. The third kappa shape index (κ3) is 3.68. The van der Waals surface area contributed by atoms with Gasteiger partial charge in [0.2, 0.25) is 0 Å². The molecular weight excluding hydrogens is 314 g/mol. The molecule has 2 rings (SSSR count). The van der Waals surface area contributed by atoms with Crippen LogP contribution in [0.4, 0.5) is 0 Å². The van der Waals surface area contributed by atoms with E-state index >= 15 is 0 Å². The van der Waals surface area contributed by atoms with Crippen LogP contribution in [-0.4, -0.2) is 34.2 Å². The van der Waals surface area contributed by atoms with Crippen molar-refractivity contribution in [2.24, 2.45) is 0 Å². The van der Waals surface area contributed by atoms with E-state index in [1.54, 1.807) is 17.4 Å². The van der Waals surface area contributed by atoms with Gasteiger partial charge in [-0.1, -0.05) is 37.0 Å². The van der Waals surface area contributed by atoms with Gasteiger partial charge in [-0.05, 0) is 23.9 Å². The van der Waals surface area contributed by atoms with E-state index in [2.05, 4.69) is 0 Å². The molecule has 1 amide bonds. The Morgan fingerprint density at radius 3 is 3.00 bits per heavy atom. The summed E-state index contributed by atoms with van der Waals surface area (Å²) in [4.78, 5) is 26.6. The second-order valence-corrected chi connectivity index (χ2v) is 6.66. The average molecular weight is 327 g/mol. The standard InChI is InChI=1S/C13H13NO3S3/c1-2-5-17-11(15)8-14-12(16)10(20-13(14)18)7-9-4-3-6-19-9/h3-4,6-7H,2,5,8H2,1H3/b10-7-. The smallest absolute Gasteiger partial charge is 0.326 e. The minimum atomic E-state index is -0.430. The predicted molar refractivity (Wildman–Crippen MR) is 85.4 cm³/mol. The van der Waals surface area contributed by atoms with E-state index in [0.717, 1.165) is 11.3 Å². The van der Waals surface area contributed by atoms with E-state index in [0.29, 0.717) is 15.8 Å². The van der Waals surface area contributed by atoms with E-state index in [1.165, 1.54) is 16.7 Å². The van der Waals surface area contributed by atoms with E-state index in [4.69, 9.17) is 17.0 Å². The predicted octanol–water partition coefficient (Wildman–Crippen LogP) is 2.90. The molecule has 0 saturated carbocycles. The summed E-state index contributed by atoms with van der Waals surface area (Å²) in [6, 6.07) is 3.84. The summed E-state index contributed by atoms with van der Waals surface area (Å²) in [7, 11) is 0. The van der Waals surface area contributed by atoms with Gasteiger partial charge in [-0.25, -0.2) is 0 Å². The number of hydrogen-bond acceptors (Lipinski definition) is 6. The number of esters is 1. The summed E-state index contributed by atoms with van der Waals surface area (Å²) in [5.41, 5.74) is 0. The minimum Gasteiger partial charge on any atom is -0.464 e. The first-order valence-corrected chi connectivity index (χ1v) is 8.16. The van der Waals surface area contributed by atoms with Gasteiger partial charge in [-0.3, -0.25) is 14.5 Å². The summed E-state index contributed by atoms with van der Waals surface area (Å²) in [5, 5.41) is 1.94. The normalized spacial score (nSPS) is 17.1. The van der Waals surface area contributed by atoms with E-state index in [9.17, 15) is 9.59 Å². The van der Waals surface area contributed by atoms with Crippen molar-refractivity contribution in [1.82, 2.24) is 4.90 Å². The van der Waals surface area contributed by atoms with E-state index in [1.807, 2.05) is 24.4 Å². The van der Waals surface area contributed by atoms with Crippen LogP contribution >= 0.6 is 35.3 Å². The maximum Gasteiger partial charge on any atom is 0.326 e. The summed E-state index contributed by atoms with van der Waals surface area (Å²) in [5.74, 6) is -0.664. The highest BCUT2D eigenvalue weighted by Gasteiger charge is 2.33. The molecule has 20 heavy (non-hydrogen) atoms. The first-order valence-electron chi connectivity index (χ1n) is 6.06. The van der Waals surface area contributed by atoms with Gasteiger partial charge in [-0.15, -0.1) is 11.3 Å². The van der Waals surface area contributed by atoms with Gasteiger partial charge < -0.3 is 4.74 Å². The monoisotopic (exact) mass is 327 g/mol. The van der Waals surface area contributed by atoms with Crippen LogP contribution in [0.15, 0.2) is 22.4 Å². The second-order valence-electron chi connectivity index (χ2n) is 4.00. The lowest BCUT2D eigenvalue weighted by molar-refractivity contribution is -0.146. The first kappa shape index (κ1) is 15.2. The topological polar surface area (TPSA) is 46.6 Å². The van der Waals surface area contributed by atoms with Gasteiger partial charge in [0, 0.05) is 4.88 Å². The third-order valence-electron chi connectivity index (χ3n) is 2.44. The molecule has 7 heteroatoms. The molecule has 1 aromatic heterocycles. The number of carbonyl (C=O) groups is 2. The van der Waals surface area contributed by atoms with Crippen molar-refractivity contribution < 1.29 is 14.3 Å². The zero-order valence-corrected chi connectivity index (χ0v) is 13.3. The minimum absolute atomic E-state index is 0.119. The van der Waals surface area contributed by atoms with Gasteiger partial charge in [0.1, 0.15) is 10.9 Å². The average Bonchev–Trinajstić information content (AvgIpc) is 3.01. The number of amides is 1. The number of carbonyl (C=O) groups excluding carboxylic acids is 2. The van der Waals surface area contributed by atoms with Crippen LogP contribution in [0, 0.1) is 0 Å². The summed E-state index contributed by atoms with van der Waals surface area (Å²) < 4.78 is 5.37. The largest absolute Gasteiger partial charge is 0.464 e. The van der Waals surface area contributed by atoms with Gasteiger partial charge in [-0.2, -0.15) is 0 Å². The molecule has 1 aromatic rings. The molecule has 1 fully saturated rings. The van der Waals surface area contributed by atoms with Crippen molar-refractivity contribution in [2.75, 3.05) is 13.2 Å². The molecule has 106 valence electrons. The number of thioether (sulfide) groups is 1. The number of thiocarbonyl (C=S) groups is 1. The van der Waals surface area contributed by atoms with E-state index in [-0.39, 0.29) is 12.5 Å². The number of thiophene rings is 1.